The Bertz CT molecular complexity index is 286. The molecule has 0 amide bonds. The molecule has 0 bridgehead atoms. The van der Waals surface area contributed by atoms with E-state index in [0.29, 0.717) is 6.10 Å². The highest BCUT2D eigenvalue weighted by Gasteiger charge is 2.22. The monoisotopic (exact) mass is 191 g/mol. The summed E-state index contributed by atoms with van der Waals surface area (Å²) in [5.41, 5.74) is 1.35. The molecular weight excluding hydrogens is 174 g/mol. The zero-order chi connectivity index (χ0) is 9.97. The molecule has 1 aromatic rings. The summed E-state index contributed by atoms with van der Waals surface area (Å²) in [6.07, 6.45) is 1.40. The number of fused-ring (bicyclic) bond motifs is 1. The molecule has 2 heteroatoms. The maximum absolute atomic E-state index is 5.84. The molecule has 0 fully saturated rings. The lowest BCUT2D eigenvalue weighted by atomic mass is 10.1. The molecule has 2 nitrogen and oxygen atoms in total. The van der Waals surface area contributed by atoms with Crippen LogP contribution in [0.1, 0.15) is 12.5 Å². The number of likely N-dealkylation sites (N-methyl/N-ethyl adjacent to an activating group) is 1. The highest BCUT2D eigenvalue weighted by molar-refractivity contribution is 5.37. The SMILES string of the molecule is CCN(C)CC1Cc2ccccc2O1. The highest BCUT2D eigenvalue weighted by atomic mass is 16.5. The Hall–Kier alpha value is -1.02. The third kappa shape index (κ3) is 1.90. The molecule has 0 spiro atoms. The predicted molar refractivity (Wildman–Crippen MR) is 57.7 cm³/mol. The van der Waals surface area contributed by atoms with E-state index in [4.69, 9.17) is 4.74 Å². The summed E-state index contributed by atoms with van der Waals surface area (Å²) in [4.78, 5) is 2.29. The van der Waals surface area contributed by atoms with Crippen molar-refractivity contribution in [2.24, 2.45) is 0 Å². The number of ether oxygens (including phenoxy) is 1. The average molecular weight is 191 g/mol. The normalized spacial score (nSPS) is 19.5. The topological polar surface area (TPSA) is 12.5 Å². The van der Waals surface area contributed by atoms with Gasteiger partial charge in [0.25, 0.3) is 0 Å². The molecule has 76 valence electrons. The van der Waals surface area contributed by atoms with Crippen LogP contribution < -0.4 is 4.74 Å². The maximum Gasteiger partial charge on any atom is 0.123 e. The summed E-state index contributed by atoms with van der Waals surface area (Å²) < 4.78 is 5.84. The first kappa shape index (κ1) is 9.53. The van der Waals surface area contributed by atoms with Crippen molar-refractivity contribution in [3.63, 3.8) is 0 Å². The van der Waals surface area contributed by atoms with Crippen LogP contribution in [0.15, 0.2) is 24.3 Å². The van der Waals surface area contributed by atoms with Gasteiger partial charge in [0.2, 0.25) is 0 Å². The van der Waals surface area contributed by atoms with E-state index in [0.717, 1.165) is 25.3 Å². The summed E-state index contributed by atoms with van der Waals surface area (Å²) in [5.74, 6) is 1.07. The van der Waals surface area contributed by atoms with Gasteiger partial charge in [-0.2, -0.15) is 0 Å². The first-order chi connectivity index (χ1) is 6.79. The van der Waals surface area contributed by atoms with Gasteiger partial charge in [-0.05, 0) is 25.2 Å². The number of hydrogen-bond donors (Lipinski definition) is 0. The van der Waals surface area contributed by atoms with Gasteiger partial charge in [0, 0.05) is 13.0 Å². The van der Waals surface area contributed by atoms with Crippen molar-refractivity contribution >= 4 is 0 Å². The predicted octanol–water partition coefficient (Wildman–Crippen LogP) is 1.94. The molecule has 1 heterocycles. The summed E-state index contributed by atoms with van der Waals surface area (Å²) >= 11 is 0. The third-order valence-electron chi connectivity index (χ3n) is 2.77. The zero-order valence-electron chi connectivity index (χ0n) is 8.86. The van der Waals surface area contributed by atoms with Gasteiger partial charge >= 0.3 is 0 Å². The van der Waals surface area contributed by atoms with Crippen LogP contribution in [0.3, 0.4) is 0 Å². The van der Waals surface area contributed by atoms with Crippen molar-refractivity contribution < 1.29 is 4.74 Å². The summed E-state index contributed by atoms with van der Waals surface area (Å²) in [7, 11) is 2.13. The fraction of sp³-hybridized carbons (Fsp3) is 0.500. The van der Waals surface area contributed by atoms with E-state index < -0.39 is 0 Å². The Kier molecular flexibility index (Phi) is 2.73. The maximum atomic E-state index is 5.84. The second-order valence-electron chi connectivity index (χ2n) is 3.91. The van der Waals surface area contributed by atoms with Crippen LogP contribution >= 0.6 is 0 Å². The number of para-hydroxylation sites is 1. The molecule has 1 aliphatic heterocycles. The fourth-order valence-corrected chi connectivity index (χ4v) is 1.83. The van der Waals surface area contributed by atoms with Crippen molar-refractivity contribution in [3.8, 4) is 5.75 Å². The van der Waals surface area contributed by atoms with Crippen LogP contribution in [0, 0.1) is 0 Å². The minimum Gasteiger partial charge on any atom is -0.488 e. The smallest absolute Gasteiger partial charge is 0.123 e. The van der Waals surface area contributed by atoms with Crippen molar-refractivity contribution in [2.75, 3.05) is 20.1 Å². The Labute approximate surface area is 85.5 Å². The van der Waals surface area contributed by atoms with Gasteiger partial charge < -0.3 is 9.64 Å². The molecule has 0 aliphatic carbocycles. The van der Waals surface area contributed by atoms with Crippen molar-refractivity contribution in [1.82, 2.24) is 4.90 Å². The van der Waals surface area contributed by atoms with Crippen LogP contribution in [0.5, 0.6) is 5.75 Å². The molecule has 0 saturated carbocycles. The van der Waals surface area contributed by atoms with Gasteiger partial charge in [0.1, 0.15) is 11.9 Å². The number of nitrogens with zero attached hydrogens (tertiary/aromatic N) is 1. The van der Waals surface area contributed by atoms with E-state index in [1.54, 1.807) is 0 Å². The third-order valence-corrected chi connectivity index (χ3v) is 2.77. The zero-order valence-corrected chi connectivity index (χ0v) is 8.86. The van der Waals surface area contributed by atoms with E-state index in [2.05, 4.69) is 37.1 Å². The molecule has 2 rings (SSSR count). The first-order valence-electron chi connectivity index (χ1n) is 5.22. The Morgan fingerprint density at radius 2 is 2.21 bits per heavy atom. The van der Waals surface area contributed by atoms with Crippen molar-refractivity contribution in [2.45, 2.75) is 19.4 Å². The van der Waals surface area contributed by atoms with Gasteiger partial charge in [-0.1, -0.05) is 25.1 Å². The summed E-state index contributed by atoms with van der Waals surface area (Å²) in [5, 5.41) is 0. The molecule has 0 N–H and O–H groups in total. The van der Waals surface area contributed by atoms with Gasteiger partial charge in [0.05, 0.1) is 0 Å². The number of benzene rings is 1. The molecule has 14 heavy (non-hydrogen) atoms. The molecule has 1 atom stereocenters. The summed E-state index contributed by atoms with van der Waals surface area (Å²) in [6.45, 7) is 4.27. The molecule has 0 saturated heterocycles. The number of rotatable bonds is 3. The lowest BCUT2D eigenvalue weighted by Crippen LogP contribution is -2.31. The van der Waals surface area contributed by atoms with Gasteiger partial charge in [-0.25, -0.2) is 0 Å². The standard InChI is InChI=1S/C12H17NO/c1-3-13(2)9-11-8-10-6-4-5-7-12(10)14-11/h4-7,11H,3,8-9H2,1-2H3. The molecule has 1 unspecified atom stereocenters. The lowest BCUT2D eigenvalue weighted by Gasteiger charge is -2.18. The van der Waals surface area contributed by atoms with Gasteiger partial charge in [-0.15, -0.1) is 0 Å². The highest BCUT2D eigenvalue weighted by Crippen LogP contribution is 2.28. The van der Waals surface area contributed by atoms with Crippen LogP contribution in [0.25, 0.3) is 0 Å². The van der Waals surface area contributed by atoms with E-state index in [9.17, 15) is 0 Å². The minimum absolute atomic E-state index is 0.345. The fourth-order valence-electron chi connectivity index (χ4n) is 1.83. The first-order valence-corrected chi connectivity index (χ1v) is 5.22. The Morgan fingerprint density at radius 1 is 1.43 bits per heavy atom. The molecule has 0 radical (unpaired) electrons. The van der Waals surface area contributed by atoms with E-state index >= 15 is 0 Å². The van der Waals surface area contributed by atoms with E-state index in [1.807, 2.05) is 6.07 Å². The Balaban J connectivity index is 1.98. The largest absolute Gasteiger partial charge is 0.488 e. The second-order valence-corrected chi connectivity index (χ2v) is 3.91. The van der Waals surface area contributed by atoms with Crippen LogP contribution in [-0.2, 0) is 6.42 Å². The van der Waals surface area contributed by atoms with Crippen molar-refractivity contribution in [1.29, 1.82) is 0 Å². The molecule has 1 aromatic carbocycles. The van der Waals surface area contributed by atoms with Crippen LogP contribution in [0.2, 0.25) is 0 Å². The van der Waals surface area contributed by atoms with Gasteiger partial charge in [0.15, 0.2) is 0 Å². The second kappa shape index (κ2) is 4.01. The van der Waals surface area contributed by atoms with Gasteiger partial charge in [-0.3, -0.25) is 0 Å². The molecule has 0 aromatic heterocycles. The Morgan fingerprint density at radius 3 is 2.93 bits per heavy atom. The quantitative estimate of drug-likeness (QED) is 0.724. The van der Waals surface area contributed by atoms with Crippen LogP contribution in [-0.4, -0.2) is 31.1 Å². The van der Waals surface area contributed by atoms with Crippen LogP contribution in [0.4, 0.5) is 0 Å². The summed E-state index contributed by atoms with van der Waals surface area (Å²) in [6, 6.07) is 8.32. The van der Waals surface area contributed by atoms with E-state index in [1.165, 1.54) is 5.56 Å². The molecule has 1 aliphatic rings. The van der Waals surface area contributed by atoms with Crippen molar-refractivity contribution in [3.05, 3.63) is 29.8 Å². The lowest BCUT2D eigenvalue weighted by molar-refractivity contribution is 0.172. The number of hydrogen-bond acceptors (Lipinski definition) is 2. The minimum atomic E-state index is 0.345. The molecular formula is C12H17NO. The van der Waals surface area contributed by atoms with E-state index in [-0.39, 0.29) is 0 Å². The average Bonchev–Trinajstić information content (AvgIpc) is 2.59.